The van der Waals surface area contributed by atoms with Crippen LogP contribution in [-0.2, 0) is 10.3 Å². The minimum Gasteiger partial charge on any atom is -0.505 e. The average Bonchev–Trinajstić information content (AvgIpc) is 2.27. The molecule has 1 N–H and O–H groups in total. The minimum atomic E-state index is -0.822. The van der Waals surface area contributed by atoms with E-state index in [1.807, 2.05) is 0 Å². The lowest BCUT2D eigenvalue weighted by atomic mass is 9.72. The summed E-state index contributed by atoms with van der Waals surface area (Å²) in [5, 5.41) is 9.28. The third-order valence-corrected chi connectivity index (χ3v) is 3.22. The zero-order valence-corrected chi connectivity index (χ0v) is 9.36. The molecule has 0 bridgehead atoms. The first-order valence-electron chi connectivity index (χ1n) is 5.29. The molecule has 0 atom stereocenters. The van der Waals surface area contributed by atoms with E-state index < -0.39 is 17.1 Å². The third-order valence-electron chi connectivity index (χ3n) is 3.22. The van der Waals surface area contributed by atoms with Crippen LogP contribution in [0.1, 0.15) is 24.8 Å². The molecule has 2 rings (SSSR count). The number of phenolic OH excluding ortho intramolecular Hbond substituents is 1. The summed E-state index contributed by atoms with van der Waals surface area (Å²) in [6, 6.07) is 2.78. The van der Waals surface area contributed by atoms with Crippen molar-refractivity contribution in [2.24, 2.45) is 4.99 Å². The average molecular weight is 237 g/mol. The molecule has 5 heteroatoms. The number of halogens is 1. The van der Waals surface area contributed by atoms with Crippen LogP contribution in [0.25, 0.3) is 0 Å². The molecule has 1 aliphatic carbocycles. The second-order valence-electron chi connectivity index (χ2n) is 4.07. The molecule has 0 radical (unpaired) electrons. The van der Waals surface area contributed by atoms with E-state index in [1.54, 1.807) is 0 Å². The largest absolute Gasteiger partial charge is 0.505 e. The van der Waals surface area contributed by atoms with Crippen molar-refractivity contribution in [1.29, 1.82) is 0 Å². The Bertz CT molecular complexity index is 491. The van der Waals surface area contributed by atoms with Gasteiger partial charge in [0.2, 0.25) is 11.9 Å². The number of isocyanates is 1. The Hall–Kier alpha value is -1.87. The fourth-order valence-electron chi connectivity index (χ4n) is 2.15. The summed E-state index contributed by atoms with van der Waals surface area (Å²) < 4.78 is 18.6. The lowest BCUT2D eigenvalue weighted by Crippen LogP contribution is -2.32. The molecule has 0 saturated heterocycles. The van der Waals surface area contributed by atoms with Gasteiger partial charge < -0.3 is 9.84 Å². The van der Waals surface area contributed by atoms with E-state index >= 15 is 0 Å². The van der Waals surface area contributed by atoms with Gasteiger partial charge in [-0.05, 0) is 31.4 Å². The molecule has 17 heavy (non-hydrogen) atoms. The van der Waals surface area contributed by atoms with Crippen molar-refractivity contribution in [3.05, 3.63) is 23.5 Å². The Morgan fingerprint density at radius 1 is 1.53 bits per heavy atom. The molecule has 0 aromatic heterocycles. The van der Waals surface area contributed by atoms with Crippen molar-refractivity contribution in [1.82, 2.24) is 0 Å². The van der Waals surface area contributed by atoms with Gasteiger partial charge >= 0.3 is 0 Å². The SMILES string of the molecule is COc1c(C2(N=C=O)CCC2)ccc(O)c1F. The number of carbonyl (C=O) groups excluding carboxylic acids is 1. The van der Waals surface area contributed by atoms with E-state index in [-0.39, 0.29) is 5.75 Å². The number of phenols is 1. The maximum atomic E-state index is 13.7. The molecular weight excluding hydrogens is 225 g/mol. The van der Waals surface area contributed by atoms with Crippen LogP contribution in [0.3, 0.4) is 0 Å². The number of methoxy groups -OCH3 is 1. The number of rotatable bonds is 3. The van der Waals surface area contributed by atoms with E-state index in [4.69, 9.17) is 4.74 Å². The molecule has 0 unspecified atom stereocenters. The zero-order chi connectivity index (χ0) is 12.5. The van der Waals surface area contributed by atoms with Gasteiger partial charge in [0.1, 0.15) is 5.54 Å². The van der Waals surface area contributed by atoms with Crippen LogP contribution in [0.15, 0.2) is 17.1 Å². The molecule has 0 amide bonds. The summed E-state index contributed by atoms with van der Waals surface area (Å²) in [6.45, 7) is 0. The van der Waals surface area contributed by atoms with Crippen LogP contribution >= 0.6 is 0 Å². The van der Waals surface area contributed by atoms with Gasteiger partial charge in [-0.1, -0.05) is 0 Å². The highest BCUT2D eigenvalue weighted by atomic mass is 19.1. The Kier molecular flexibility index (Phi) is 2.86. The lowest BCUT2D eigenvalue weighted by molar-refractivity contribution is 0.241. The van der Waals surface area contributed by atoms with Gasteiger partial charge in [-0.2, -0.15) is 9.38 Å². The number of aliphatic imine (C=N–C) groups is 1. The summed E-state index contributed by atoms with van der Waals surface area (Å²) in [4.78, 5) is 14.2. The zero-order valence-electron chi connectivity index (χ0n) is 9.36. The normalized spacial score (nSPS) is 16.8. The summed E-state index contributed by atoms with van der Waals surface area (Å²) in [7, 11) is 1.32. The molecule has 1 aliphatic rings. The van der Waals surface area contributed by atoms with E-state index in [2.05, 4.69) is 4.99 Å². The van der Waals surface area contributed by atoms with Crippen LogP contribution in [0.2, 0.25) is 0 Å². The first-order valence-corrected chi connectivity index (χ1v) is 5.29. The predicted octanol–water partition coefficient (Wildman–Crippen LogP) is 2.25. The van der Waals surface area contributed by atoms with Crippen molar-refractivity contribution in [2.75, 3.05) is 7.11 Å². The van der Waals surface area contributed by atoms with Gasteiger partial charge in [0.15, 0.2) is 11.5 Å². The van der Waals surface area contributed by atoms with Crippen molar-refractivity contribution in [2.45, 2.75) is 24.8 Å². The predicted molar refractivity (Wildman–Crippen MR) is 58.3 cm³/mol. The Labute approximate surface area is 97.7 Å². The molecule has 0 aliphatic heterocycles. The molecule has 1 saturated carbocycles. The maximum absolute atomic E-state index is 13.7. The lowest BCUT2D eigenvalue weighted by Gasteiger charge is -2.37. The number of nitrogens with zero attached hydrogens (tertiary/aromatic N) is 1. The topological polar surface area (TPSA) is 58.9 Å². The standard InChI is InChI=1S/C12H12FNO3/c1-17-11-8(3-4-9(16)10(11)13)12(14-7-15)5-2-6-12/h3-4,16H,2,5-6H2,1H3. The van der Waals surface area contributed by atoms with Gasteiger partial charge in [-0.25, -0.2) is 4.79 Å². The van der Waals surface area contributed by atoms with Gasteiger partial charge in [-0.3, -0.25) is 0 Å². The van der Waals surface area contributed by atoms with Gasteiger partial charge in [-0.15, -0.1) is 0 Å². The number of hydrogen-bond acceptors (Lipinski definition) is 4. The minimum absolute atomic E-state index is 0.0521. The van der Waals surface area contributed by atoms with Gasteiger partial charge in [0.25, 0.3) is 0 Å². The van der Waals surface area contributed by atoms with Crippen LogP contribution in [0.5, 0.6) is 11.5 Å². The highest BCUT2D eigenvalue weighted by Crippen LogP contribution is 2.49. The fourth-order valence-corrected chi connectivity index (χ4v) is 2.15. The highest BCUT2D eigenvalue weighted by Gasteiger charge is 2.42. The first kappa shape index (κ1) is 11.6. The number of benzene rings is 1. The van der Waals surface area contributed by atoms with Gasteiger partial charge in [0, 0.05) is 5.56 Å². The molecular formula is C12H12FNO3. The van der Waals surface area contributed by atoms with Crippen molar-refractivity contribution in [3.63, 3.8) is 0 Å². The first-order chi connectivity index (χ1) is 8.14. The molecule has 1 fully saturated rings. The van der Waals surface area contributed by atoms with E-state index in [0.29, 0.717) is 18.4 Å². The van der Waals surface area contributed by atoms with E-state index in [1.165, 1.54) is 25.3 Å². The summed E-state index contributed by atoms with van der Waals surface area (Å²) in [5.41, 5.74) is -0.244. The fraction of sp³-hybridized carbons (Fsp3) is 0.417. The number of aromatic hydroxyl groups is 1. The maximum Gasteiger partial charge on any atom is 0.235 e. The van der Waals surface area contributed by atoms with Gasteiger partial charge in [0.05, 0.1) is 7.11 Å². The molecule has 1 aromatic rings. The van der Waals surface area contributed by atoms with Crippen molar-refractivity contribution < 1.29 is 19.0 Å². The highest BCUT2D eigenvalue weighted by molar-refractivity contribution is 5.49. The Morgan fingerprint density at radius 2 is 2.24 bits per heavy atom. The smallest absolute Gasteiger partial charge is 0.235 e. The summed E-state index contributed by atoms with van der Waals surface area (Å²) in [6.07, 6.45) is 3.75. The van der Waals surface area contributed by atoms with Crippen molar-refractivity contribution in [3.8, 4) is 11.5 Å². The monoisotopic (exact) mass is 237 g/mol. The molecule has 4 nitrogen and oxygen atoms in total. The molecule has 90 valence electrons. The Balaban J connectivity index is 2.58. The van der Waals surface area contributed by atoms with Crippen molar-refractivity contribution >= 4 is 6.08 Å². The number of ether oxygens (including phenoxy) is 1. The third kappa shape index (κ3) is 1.68. The molecule has 0 heterocycles. The van der Waals surface area contributed by atoms with Crippen LogP contribution in [0, 0.1) is 5.82 Å². The molecule has 0 spiro atoms. The van der Waals surface area contributed by atoms with Crippen LogP contribution < -0.4 is 4.74 Å². The Morgan fingerprint density at radius 3 is 2.71 bits per heavy atom. The summed E-state index contributed by atoms with van der Waals surface area (Å²) >= 11 is 0. The quantitative estimate of drug-likeness (QED) is 0.648. The second-order valence-corrected chi connectivity index (χ2v) is 4.07. The van der Waals surface area contributed by atoms with Crippen LogP contribution in [-0.4, -0.2) is 18.3 Å². The molecule has 1 aromatic carbocycles. The van der Waals surface area contributed by atoms with E-state index in [9.17, 15) is 14.3 Å². The summed E-state index contributed by atoms with van der Waals surface area (Å²) in [5.74, 6) is -1.35. The van der Waals surface area contributed by atoms with E-state index in [0.717, 1.165) is 6.42 Å². The second kappa shape index (κ2) is 4.18. The van der Waals surface area contributed by atoms with Crippen LogP contribution in [0.4, 0.5) is 4.39 Å². The number of hydrogen-bond donors (Lipinski definition) is 1.